The van der Waals surface area contributed by atoms with Gasteiger partial charge >= 0.3 is 0 Å². The normalized spacial score (nSPS) is 15.9. The number of fused-ring (bicyclic) bond motifs is 1. The summed E-state index contributed by atoms with van der Waals surface area (Å²) in [6, 6.07) is 20.6. The Morgan fingerprint density at radius 3 is 2.50 bits per heavy atom. The highest BCUT2D eigenvalue weighted by molar-refractivity contribution is 6.30. The molecule has 250 valence electrons. The summed E-state index contributed by atoms with van der Waals surface area (Å²) in [5, 5.41) is 3.75. The lowest BCUT2D eigenvalue weighted by molar-refractivity contribution is -0.134. The second-order valence-electron chi connectivity index (χ2n) is 12.6. The fourth-order valence-electron chi connectivity index (χ4n) is 6.63. The van der Waals surface area contributed by atoms with Crippen LogP contribution in [0.25, 0.3) is 11.0 Å². The number of piperidine rings is 1. The zero-order chi connectivity index (χ0) is 33.6. The number of likely N-dealkylation sites (tertiary alicyclic amines) is 2. The van der Waals surface area contributed by atoms with Crippen molar-refractivity contribution in [3.63, 3.8) is 0 Å². The molecule has 0 radical (unpaired) electrons. The molecular weight excluding hydrogens is 630 g/mol. The third kappa shape index (κ3) is 7.73. The number of ether oxygens (including phenoxy) is 1. The van der Waals surface area contributed by atoms with Crippen LogP contribution in [0.5, 0.6) is 5.75 Å². The first-order valence-electron chi connectivity index (χ1n) is 16.7. The van der Waals surface area contributed by atoms with Crippen molar-refractivity contribution in [3.8, 4) is 5.75 Å². The predicted molar refractivity (Wildman–Crippen MR) is 184 cm³/mol. The Kier molecular flexibility index (Phi) is 10.4. The van der Waals surface area contributed by atoms with Crippen LogP contribution in [-0.4, -0.2) is 59.8 Å². The predicted octanol–water partition coefficient (Wildman–Crippen LogP) is 6.10. The average Bonchev–Trinajstić information content (AvgIpc) is 3.51. The van der Waals surface area contributed by atoms with E-state index < -0.39 is 11.9 Å². The van der Waals surface area contributed by atoms with Gasteiger partial charge < -0.3 is 24.3 Å². The lowest BCUT2D eigenvalue weighted by atomic mass is 9.86. The van der Waals surface area contributed by atoms with Gasteiger partial charge in [0.25, 0.3) is 5.91 Å². The molecule has 9 nitrogen and oxygen atoms in total. The van der Waals surface area contributed by atoms with Crippen molar-refractivity contribution in [2.45, 2.75) is 64.0 Å². The molecule has 3 heterocycles. The van der Waals surface area contributed by atoms with Gasteiger partial charge in [0.1, 0.15) is 17.4 Å². The maximum Gasteiger partial charge on any atom is 0.287 e. The molecule has 10 heteroatoms. The Balaban J connectivity index is 1.17. The van der Waals surface area contributed by atoms with Crippen molar-refractivity contribution in [3.05, 3.63) is 110 Å². The maximum atomic E-state index is 14.1. The second-order valence-corrected chi connectivity index (χ2v) is 13.0. The molecule has 1 aromatic heterocycles. The molecule has 2 saturated heterocycles. The summed E-state index contributed by atoms with van der Waals surface area (Å²) in [4.78, 5) is 56.6. The number of amides is 3. The number of rotatable bonds is 11. The van der Waals surface area contributed by atoms with Gasteiger partial charge in [0.05, 0.1) is 12.0 Å². The van der Waals surface area contributed by atoms with Gasteiger partial charge in [-0.15, -0.1) is 0 Å². The lowest BCUT2D eigenvalue weighted by Crippen LogP contribution is -2.51. The Hall–Kier alpha value is -4.63. The summed E-state index contributed by atoms with van der Waals surface area (Å²) in [6.45, 7) is 4.98. The summed E-state index contributed by atoms with van der Waals surface area (Å²) >= 11 is 6.11. The van der Waals surface area contributed by atoms with E-state index in [1.54, 1.807) is 35.2 Å². The monoisotopic (exact) mass is 669 g/mol. The first-order valence-corrected chi connectivity index (χ1v) is 17.1. The van der Waals surface area contributed by atoms with Crippen molar-refractivity contribution in [1.29, 1.82) is 0 Å². The van der Waals surface area contributed by atoms with Crippen LogP contribution in [0.1, 0.15) is 72.2 Å². The molecule has 0 spiro atoms. The summed E-state index contributed by atoms with van der Waals surface area (Å²) in [7, 11) is 0. The number of nitrogens with zero attached hydrogens (tertiary/aromatic N) is 2. The van der Waals surface area contributed by atoms with Gasteiger partial charge in [0, 0.05) is 50.1 Å². The fourth-order valence-corrected chi connectivity index (χ4v) is 6.75. The molecule has 0 unspecified atom stereocenters. The number of halogens is 1. The molecule has 2 fully saturated rings. The fraction of sp³-hybridized carbons (Fsp3) is 0.368. The Bertz CT molecular complexity index is 1850. The average molecular weight is 670 g/mol. The molecule has 0 bridgehead atoms. The van der Waals surface area contributed by atoms with E-state index in [2.05, 4.69) is 17.4 Å². The van der Waals surface area contributed by atoms with E-state index in [1.165, 1.54) is 5.56 Å². The van der Waals surface area contributed by atoms with Crippen LogP contribution in [0.3, 0.4) is 0 Å². The third-order valence-corrected chi connectivity index (χ3v) is 9.44. The summed E-state index contributed by atoms with van der Waals surface area (Å²) in [5.41, 5.74) is 3.10. The molecule has 2 aliphatic rings. The molecule has 0 saturated carbocycles. The molecule has 1 atom stereocenters. The number of hydrogen-bond donors (Lipinski definition) is 1. The minimum Gasteiger partial charge on any atom is -0.494 e. The number of carbonyl (C=O) groups excluding carboxylic acids is 3. The van der Waals surface area contributed by atoms with Crippen molar-refractivity contribution >= 4 is 40.3 Å². The Morgan fingerprint density at radius 2 is 1.77 bits per heavy atom. The Labute approximate surface area is 284 Å². The van der Waals surface area contributed by atoms with Crippen molar-refractivity contribution < 1.29 is 23.5 Å². The van der Waals surface area contributed by atoms with Crippen LogP contribution in [0.2, 0.25) is 5.02 Å². The van der Waals surface area contributed by atoms with E-state index in [1.807, 2.05) is 36.1 Å². The highest BCUT2D eigenvalue weighted by atomic mass is 35.5. The summed E-state index contributed by atoms with van der Waals surface area (Å²) < 4.78 is 11.5. The first kappa shape index (κ1) is 33.3. The molecule has 6 rings (SSSR count). The van der Waals surface area contributed by atoms with E-state index in [0.29, 0.717) is 48.8 Å². The van der Waals surface area contributed by atoms with E-state index in [9.17, 15) is 19.2 Å². The van der Waals surface area contributed by atoms with Gasteiger partial charge in [-0.05, 0) is 78.6 Å². The zero-order valence-electron chi connectivity index (χ0n) is 27.1. The van der Waals surface area contributed by atoms with Crippen molar-refractivity contribution in [2.24, 2.45) is 0 Å². The second kappa shape index (κ2) is 15.1. The Morgan fingerprint density at radius 1 is 1.00 bits per heavy atom. The minimum atomic E-state index is -0.894. The van der Waals surface area contributed by atoms with Gasteiger partial charge in [-0.2, -0.15) is 0 Å². The third-order valence-electron chi connectivity index (χ3n) is 9.19. The largest absolute Gasteiger partial charge is 0.494 e. The first-order chi connectivity index (χ1) is 23.3. The van der Waals surface area contributed by atoms with Gasteiger partial charge in [-0.3, -0.25) is 19.2 Å². The quantitative estimate of drug-likeness (QED) is 0.207. The standard InChI is InChI=1S/C38H40ClN3O6/c1-2-20-47-29-13-14-34-31(22-29)33(43)23-35(48-34)37(45)40-32(21-25-9-11-28(39)12-10-25)38(46)41-18-15-26(16-19-41)30-7-4-3-6-27(30)24-42-17-5-8-36(42)44/h3-4,6-7,9-14,22-23,26,32H,2,5,8,15-21,24H2,1H3,(H,40,45)/t32-/m1/s1. The van der Waals surface area contributed by atoms with E-state index >= 15 is 0 Å². The molecular formula is C38H40ClN3O6. The number of nitrogens with one attached hydrogen (secondary N) is 1. The van der Waals surface area contributed by atoms with E-state index in [4.69, 9.17) is 20.8 Å². The van der Waals surface area contributed by atoms with Crippen LogP contribution in [0.4, 0.5) is 0 Å². The number of benzene rings is 3. The van der Waals surface area contributed by atoms with Gasteiger partial charge in [-0.1, -0.05) is 54.9 Å². The lowest BCUT2D eigenvalue weighted by Gasteiger charge is -2.35. The van der Waals surface area contributed by atoms with Crippen LogP contribution in [-0.2, 0) is 22.6 Å². The zero-order valence-corrected chi connectivity index (χ0v) is 27.8. The number of hydrogen-bond acceptors (Lipinski definition) is 6. The van der Waals surface area contributed by atoms with Crippen molar-refractivity contribution in [1.82, 2.24) is 15.1 Å². The van der Waals surface area contributed by atoms with E-state index in [0.717, 1.165) is 49.4 Å². The highest BCUT2D eigenvalue weighted by Gasteiger charge is 2.32. The molecule has 4 aromatic rings. The summed E-state index contributed by atoms with van der Waals surface area (Å²) in [5.74, 6) is -0.00608. The molecule has 1 N–H and O–H groups in total. The van der Waals surface area contributed by atoms with Crippen molar-refractivity contribution in [2.75, 3.05) is 26.2 Å². The molecule has 3 amide bonds. The van der Waals surface area contributed by atoms with E-state index in [-0.39, 0.29) is 40.9 Å². The van der Waals surface area contributed by atoms with Gasteiger partial charge in [-0.25, -0.2) is 0 Å². The molecule has 3 aromatic carbocycles. The van der Waals surface area contributed by atoms with Gasteiger partial charge in [0.15, 0.2) is 11.2 Å². The molecule has 48 heavy (non-hydrogen) atoms. The van der Waals surface area contributed by atoms with Crippen LogP contribution in [0, 0.1) is 0 Å². The SMILES string of the molecule is CCCOc1ccc2oc(C(=O)N[C@H](Cc3ccc(Cl)cc3)C(=O)N3CCC(c4ccccc4CN4CCCC4=O)CC3)cc(=O)c2c1. The topological polar surface area (TPSA) is 109 Å². The molecule has 0 aliphatic carbocycles. The van der Waals surface area contributed by atoms with Crippen LogP contribution < -0.4 is 15.5 Å². The van der Waals surface area contributed by atoms with Gasteiger partial charge in [0.2, 0.25) is 11.8 Å². The van der Waals surface area contributed by atoms with Crippen LogP contribution >= 0.6 is 11.6 Å². The summed E-state index contributed by atoms with van der Waals surface area (Å²) in [6.07, 6.45) is 4.11. The van der Waals surface area contributed by atoms with Crippen LogP contribution in [0.15, 0.2) is 82.0 Å². The minimum absolute atomic E-state index is 0.171. The number of carbonyl (C=O) groups is 3. The highest BCUT2D eigenvalue weighted by Crippen LogP contribution is 2.32. The smallest absolute Gasteiger partial charge is 0.287 e. The molecule has 2 aliphatic heterocycles. The maximum absolute atomic E-state index is 14.1.